The van der Waals surface area contributed by atoms with Crippen LogP contribution in [0.3, 0.4) is 0 Å². The summed E-state index contributed by atoms with van der Waals surface area (Å²) in [5.41, 5.74) is 4.89. The van der Waals surface area contributed by atoms with E-state index >= 15 is 8.78 Å². The Morgan fingerprint density at radius 1 is 0.559 bits per heavy atom. The molecule has 0 spiro atoms. The molecule has 0 aliphatic heterocycles. The fraction of sp³-hybridized carbons (Fsp3) is 0.400. The Hall–Kier alpha value is -2.88. The van der Waals surface area contributed by atoms with E-state index in [-0.39, 0.29) is 11.6 Å². The third-order valence-corrected chi connectivity index (χ3v) is 7.65. The minimum absolute atomic E-state index is 0.349. The molecule has 2 aliphatic carbocycles. The summed E-state index contributed by atoms with van der Waals surface area (Å²) >= 11 is 0. The van der Waals surface area contributed by atoms with Gasteiger partial charge in [-0.25, -0.2) is 8.78 Å². The second-order valence-corrected chi connectivity index (χ2v) is 10.0. The Morgan fingerprint density at radius 3 is 1.21 bits per heavy atom. The van der Waals surface area contributed by atoms with Crippen molar-refractivity contribution in [3.63, 3.8) is 0 Å². The van der Waals surface area contributed by atoms with E-state index < -0.39 is 0 Å². The van der Waals surface area contributed by atoms with Crippen LogP contribution in [-0.4, -0.2) is 12.1 Å². The van der Waals surface area contributed by atoms with Gasteiger partial charge in [0, 0.05) is 34.6 Å². The molecular formula is C30H34F2N2. The predicted molar refractivity (Wildman–Crippen MR) is 138 cm³/mol. The summed E-state index contributed by atoms with van der Waals surface area (Å²) in [7, 11) is 0. The van der Waals surface area contributed by atoms with Crippen LogP contribution in [0.15, 0.2) is 48.5 Å². The van der Waals surface area contributed by atoms with Crippen LogP contribution >= 0.6 is 0 Å². The van der Waals surface area contributed by atoms with E-state index in [0.717, 1.165) is 11.4 Å². The van der Waals surface area contributed by atoms with E-state index in [1.807, 2.05) is 48.5 Å². The largest absolute Gasteiger partial charge is 0.382 e. The van der Waals surface area contributed by atoms with Crippen LogP contribution in [0.4, 0.5) is 20.2 Å². The van der Waals surface area contributed by atoms with Gasteiger partial charge >= 0.3 is 0 Å². The van der Waals surface area contributed by atoms with Crippen LogP contribution in [-0.2, 0) is 0 Å². The summed E-state index contributed by atoms with van der Waals surface area (Å²) in [6.07, 6.45) is 9.85. The average Bonchev–Trinajstić information content (AvgIpc) is 3.55. The van der Waals surface area contributed by atoms with Crippen LogP contribution in [0.2, 0.25) is 0 Å². The van der Waals surface area contributed by atoms with Gasteiger partial charge in [0.05, 0.1) is 0 Å². The quantitative estimate of drug-likeness (QED) is 0.385. The van der Waals surface area contributed by atoms with Gasteiger partial charge in [-0.3, -0.25) is 0 Å². The summed E-state index contributed by atoms with van der Waals surface area (Å²) in [6, 6.07) is 16.5. The van der Waals surface area contributed by atoms with E-state index in [4.69, 9.17) is 0 Å². The van der Waals surface area contributed by atoms with Gasteiger partial charge in [-0.2, -0.15) is 0 Å². The number of hydrogen-bond donors (Lipinski definition) is 2. The van der Waals surface area contributed by atoms with Crippen molar-refractivity contribution < 1.29 is 8.78 Å². The normalized spacial score (nSPS) is 16.8. The van der Waals surface area contributed by atoms with Gasteiger partial charge in [-0.15, -0.1) is 0 Å². The fourth-order valence-electron chi connectivity index (χ4n) is 5.69. The number of benzene rings is 3. The summed E-state index contributed by atoms with van der Waals surface area (Å²) in [4.78, 5) is 0. The molecule has 0 saturated heterocycles. The van der Waals surface area contributed by atoms with Gasteiger partial charge in [-0.1, -0.05) is 49.9 Å². The van der Waals surface area contributed by atoms with Crippen molar-refractivity contribution in [1.82, 2.24) is 0 Å². The van der Waals surface area contributed by atoms with Crippen LogP contribution in [0.25, 0.3) is 22.3 Å². The van der Waals surface area contributed by atoms with Crippen molar-refractivity contribution in [1.29, 1.82) is 0 Å². The summed E-state index contributed by atoms with van der Waals surface area (Å²) < 4.78 is 31.3. The smallest absolute Gasteiger partial charge is 0.135 e. The number of hydrogen-bond acceptors (Lipinski definition) is 2. The molecule has 0 radical (unpaired) electrons. The zero-order valence-electron chi connectivity index (χ0n) is 20.2. The molecule has 0 amide bonds. The molecule has 0 bridgehead atoms. The van der Waals surface area contributed by atoms with E-state index in [1.165, 1.54) is 51.4 Å². The Balaban J connectivity index is 1.42. The minimum atomic E-state index is -0.349. The SMILES string of the molecule is Cc1c(F)c(-c2ccc(NC3CCCC3)cc2)c(C)c(F)c1-c1ccc(NC2CCCC2)cc1. The van der Waals surface area contributed by atoms with Gasteiger partial charge in [0.25, 0.3) is 0 Å². The molecule has 2 fully saturated rings. The molecule has 2 nitrogen and oxygen atoms in total. The molecule has 34 heavy (non-hydrogen) atoms. The first kappa shape index (κ1) is 22.9. The van der Waals surface area contributed by atoms with Crippen molar-refractivity contribution in [3.05, 3.63) is 71.3 Å². The van der Waals surface area contributed by atoms with Gasteiger partial charge in [0.1, 0.15) is 11.6 Å². The summed E-state index contributed by atoms with van der Waals surface area (Å²) in [6.45, 7) is 3.36. The van der Waals surface area contributed by atoms with Gasteiger partial charge in [-0.05, 0) is 86.1 Å². The molecular weight excluding hydrogens is 426 g/mol. The van der Waals surface area contributed by atoms with E-state index in [1.54, 1.807) is 13.8 Å². The first-order valence-electron chi connectivity index (χ1n) is 12.7. The topological polar surface area (TPSA) is 24.1 Å². The second kappa shape index (κ2) is 9.77. The number of anilines is 2. The molecule has 2 N–H and O–H groups in total. The monoisotopic (exact) mass is 460 g/mol. The molecule has 2 saturated carbocycles. The van der Waals surface area contributed by atoms with E-state index in [2.05, 4.69) is 10.6 Å². The van der Waals surface area contributed by atoms with Crippen LogP contribution in [0, 0.1) is 25.5 Å². The molecule has 3 aromatic carbocycles. The highest BCUT2D eigenvalue weighted by Crippen LogP contribution is 2.38. The minimum Gasteiger partial charge on any atom is -0.382 e. The lowest BCUT2D eigenvalue weighted by Gasteiger charge is -2.18. The number of rotatable bonds is 6. The summed E-state index contributed by atoms with van der Waals surface area (Å²) in [5.74, 6) is -0.697. The molecule has 0 aromatic heterocycles. The maximum absolute atomic E-state index is 15.7. The molecule has 3 aromatic rings. The lowest BCUT2D eigenvalue weighted by molar-refractivity contribution is 0.592. The zero-order valence-corrected chi connectivity index (χ0v) is 20.2. The van der Waals surface area contributed by atoms with Gasteiger partial charge in [0.2, 0.25) is 0 Å². The maximum Gasteiger partial charge on any atom is 0.135 e. The van der Waals surface area contributed by atoms with E-state index in [9.17, 15) is 0 Å². The highest BCUT2D eigenvalue weighted by molar-refractivity contribution is 5.79. The summed E-state index contributed by atoms with van der Waals surface area (Å²) in [5, 5.41) is 7.11. The van der Waals surface area contributed by atoms with Crippen molar-refractivity contribution in [2.75, 3.05) is 10.6 Å². The lowest BCUT2D eigenvalue weighted by Crippen LogP contribution is -2.14. The molecule has 2 aliphatic rings. The Bertz CT molecular complexity index is 1020. The van der Waals surface area contributed by atoms with Crippen molar-refractivity contribution in [3.8, 4) is 22.3 Å². The standard InChI is InChI=1S/C30H34F2N2/c1-19-27(21-11-15-25(16-12-21)33-23-7-3-4-8-23)30(32)20(2)28(29(19)31)22-13-17-26(18-14-22)34-24-9-5-6-10-24/h11-18,23-24,33-34H,3-10H2,1-2H3. The number of halogens is 2. The third-order valence-electron chi connectivity index (χ3n) is 7.65. The molecule has 4 heteroatoms. The first-order valence-corrected chi connectivity index (χ1v) is 12.7. The first-order chi connectivity index (χ1) is 16.5. The van der Waals surface area contributed by atoms with Crippen LogP contribution in [0.5, 0.6) is 0 Å². The Labute approximate surface area is 201 Å². The molecule has 5 rings (SSSR count). The van der Waals surface area contributed by atoms with Crippen LogP contribution in [0.1, 0.15) is 62.5 Å². The highest BCUT2D eigenvalue weighted by Gasteiger charge is 2.23. The number of nitrogens with one attached hydrogen (secondary N) is 2. The average molecular weight is 461 g/mol. The molecule has 0 heterocycles. The van der Waals surface area contributed by atoms with Crippen LogP contribution < -0.4 is 10.6 Å². The zero-order chi connectivity index (χ0) is 23.7. The Morgan fingerprint density at radius 2 is 0.882 bits per heavy atom. The van der Waals surface area contributed by atoms with Gasteiger partial charge < -0.3 is 10.6 Å². The molecule has 0 atom stereocenters. The highest BCUT2D eigenvalue weighted by atomic mass is 19.1. The van der Waals surface area contributed by atoms with E-state index in [0.29, 0.717) is 45.5 Å². The Kier molecular flexibility index (Phi) is 6.58. The van der Waals surface area contributed by atoms with Crippen molar-refractivity contribution in [2.45, 2.75) is 77.3 Å². The second-order valence-electron chi connectivity index (χ2n) is 10.0. The molecule has 0 unspecified atom stereocenters. The lowest BCUT2D eigenvalue weighted by atomic mass is 9.90. The fourth-order valence-corrected chi connectivity index (χ4v) is 5.69. The molecule has 178 valence electrons. The predicted octanol–water partition coefficient (Wildman–Crippen LogP) is 8.62. The van der Waals surface area contributed by atoms with Crippen molar-refractivity contribution in [2.24, 2.45) is 0 Å². The maximum atomic E-state index is 15.7. The van der Waals surface area contributed by atoms with Gasteiger partial charge in [0.15, 0.2) is 0 Å². The van der Waals surface area contributed by atoms with Crippen molar-refractivity contribution >= 4 is 11.4 Å². The third kappa shape index (κ3) is 4.55.